The second-order valence-corrected chi connectivity index (χ2v) is 12.6. The largest absolute Gasteiger partial charge is 0.403 e. The molecule has 0 radical (unpaired) electrons. The van der Waals surface area contributed by atoms with Gasteiger partial charge >= 0.3 is 0 Å². The van der Waals surface area contributed by atoms with E-state index in [1.54, 1.807) is 0 Å². The zero-order valence-corrected chi connectivity index (χ0v) is 17.4. The lowest BCUT2D eigenvalue weighted by atomic mass is 10.2. The minimum absolute atomic E-state index is 0.0309. The van der Waals surface area contributed by atoms with Crippen molar-refractivity contribution in [3.05, 3.63) is 60.7 Å². The van der Waals surface area contributed by atoms with Crippen LogP contribution in [0.25, 0.3) is 0 Å². The molecule has 2 aromatic rings. The van der Waals surface area contributed by atoms with E-state index >= 15 is 0 Å². The summed E-state index contributed by atoms with van der Waals surface area (Å²) in [5, 5.41) is 12.5. The molecule has 0 spiro atoms. The fraction of sp³-hybridized carbons (Fsp3) is 0.455. The van der Waals surface area contributed by atoms with Crippen LogP contribution in [0.2, 0.25) is 5.04 Å². The monoisotopic (exact) mass is 369 g/mol. The van der Waals surface area contributed by atoms with Crippen LogP contribution < -0.4 is 10.4 Å². The highest BCUT2D eigenvalue weighted by Crippen LogP contribution is 2.39. The van der Waals surface area contributed by atoms with Crippen molar-refractivity contribution in [2.75, 3.05) is 20.2 Å². The van der Waals surface area contributed by atoms with Crippen molar-refractivity contribution >= 4 is 18.7 Å². The van der Waals surface area contributed by atoms with Crippen molar-refractivity contribution in [1.29, 1.82) is 0 Å². The number of hydrogen-bond acceptors (Lipinski definition) is 3. The van der Waals surface area contributed by atoms with Crippen molar-refractivity contribution in [3.8, 4) is 0 Å². The van der Waals surface area contributed by atoms with E-state index in [1.807, 2.05) is 0 Å². The average molecular weight is 370 g/mol. The lowest BCUT2D eigenvalue weighted by Crippen LogP contribution is -2.68. The molecule has 4 heteroatoms. The number of rotatable bonds is 5. The molecule has 3 rings (SSSR count). The van der Waals surface area contributed by atoms with Crippen molar-refractivity contribution in [2.45, 2.75) is 44.4 Å². The summed E-state index contributed by atoms with van der Waals surface area (Å²) in [6, 6.07) is 21.5. The summed E-state index contributed by atoms with van der Waals surface area (Å²) in [5.41, 5.74) is 0. The summed E-state index contributed by atoms with van der Waals surface area (Å²) in [6.07, 6.45) is 1.02. The summed E-state index contributed by atoms with van der Waals surface area (Å²) >= 11 is 0. The molecule has 1 saturated heterocycles. The Kier molecular flexibility index (Phi) is 5.68. The minimum atomic E-state index is -2.54. The maximum absolute atomic E-state index is 9.94. The quantitative estimate of drug-likeness (QED) is 0.823. The summed E-state index contributed by atoms with van der Waals surface area (Å²) in [4.78, 5) is 2.22. The Labute approximate surface area is 158 Å². The molecule has 3 nitrogen and oxygen atoms in total. The van der Waals surface area contributed by atoms with Crippen molar-refractivity contribution in [2.24, 2.45) is 0 Å². The molecule has 0 bridgehead atoms. The highest BCUT2D eigenvalue weighted by atomic mass is 28.4. The Bertz CT molecular complexity index is 660. The Hall–Kier alpha value is -1.46. The van der Waals surface area contributed by atoms with E-state index in [9.17, 15) is 5.11 Å². The molecule has 1 N–H and O–H groups in total. The molecule has 140 valence electrons. The Morgan fingerprint density at radius 1 is 1.00 bits per heavy atom. The van der Waals surface area contributed by atoms with E-state index < -0.39 is 8.32 Å². The number of likely N-dealkylation sites (tertiary alicyclic amines) is 1. The second kappa shape index (κ2) is 7.65. The van der Waals surface area contributed by atoms with Crippen molar-refractivity contribution in [3.63, 3.8) is 0 Å². The van der Waals surface area contributed by atoms with Gasteiger partial charge in [0.2, 0.25) is 0 Å². The predicted molar refractivity (Wildman–Crippen MR) is 111 cm³/mol. The Morgan fingerprint density at radius 3 is 1.92 bits per heavy atom. The van der Waals surface area contributed by atoms with Gasteiger partial charge in [0.25, 0.3) is 8.32 Å². The van der Waals surface area contributed by atoms with Crippen LogP contribution in [0.15, 0.2) is 60.7 Å². The minimum Gasteiger partial charge on any atom is -0.403 e. The third-order valence-electron chi connectivity index (χ3n) is 5.69. The van der Waals surface area contributed by atoms with Gasteiger partial charge in [-0.25, -0.2) is 0 Å². The molecule has 1 fully saturated rings. The normalized spacial score (nSPS) is 21.9. The van der Waals surface area contributed by atoms with Gasteiger partial charge in [-0.05, 0) is 28.9 Å². The van der Waals surface area contributed by atoms with Crippen LogP contribution in [0.4, 0.5) is 0 Å². The molecular weight excluding hydrogens is 338 g/mol. The van der Waals surface area contributed by atoms with Gasteiger partial charge in [0.1, 0.15) is 0 Å². The SMILES string of the molecule is CN1CC[C@H](O[Si](c2ccccc2)(c2ccccc2)C(C)(C)C)[C@@H]1CO. The van der Waals surface area contributed by atoms with Crippen LogP contribution in [0.5, 0.6) is 0 Å². The van der Waals surface area contributed by atoms with Gasteiger partial charge in [0, 0.05) is 6.54 Å². The van der Waals surface area contributed by atoms with Crippen LogP contribution in [0, 0.1) is 0 Å². The van der Waals surface area contributed by atoms with Gasteiger partial charge < -0.3 is 9.53 Å². The molecule has 1 heterocycles. The molecule has 1 aliphatic heterocycles. The lowest BCUT2D eigenvalue weighted by molar-refractivity contribution is 0.0910. The van der Waals surface area contributed by atoms with E-state index in [4.69, 9.17) is 4.43 Å². The van der Waals surface area contributed by atoms with Crippen LogP contribution in [0.1, 0.15) is 27.2 Å². The third-order valence-corrected chi connectivity index (χ3v) is 10.8. The van der Waals surface area contributed by atoms with Crippen molar-refractivity contribution < 1.29 is 9.53 Å². The van der Waals surface area contributed by atoms with Gasteiger partial charge in [0.15, 0.2) is 0 Å². The van der Waals surface area contributed by atoms with Crippen molar-refractivity contribution in [1.82, 2.24) is 4.90 Å². The zero-order chi connectivity index (χ0) is 18.8. The van der Waals surface area contributed by atoms with E-state index in [0.717, 1.165) is 13.0 Å². The molecule has 0 aromatic heterocycles. The number of likely N-dealkylation sites (N-methyl/N-ethyl adjacent to an activating group) is 1. The van der Waals surface area contributed by atoms with Crippen LogP contribution in [0.3, 0.4) is 0 Å². The van der Waals surface area contributed by atoms with E-state index in [-0.39, 0.29) is 23.8 Å². The smallest absolute Gasteiger partial charge is 0.261 e. The highest BCUT2D eigenvalue weighted by Gasteiger charge is 2.53. The topological polar surface area (TPSA) is 32.7 Å². The Balaban J connectivity index is 2.15. The molecule has 0 amide bonds. The van der Waals surface area contributed by atoms with Crippen LogP contribution in [-0.2, 0) is 4.43 Å². The number of aliphatic hydroxyl groups is 1. The molecule has 0 aliphatic carbocycles. The number of aliphatic hydroxyl groups excluding tert-OH is 1. The fourth-order valence-electron chi connectivity index (χ4n) is 4.29. The Morgan fingerprint density at radius 2 is 1.50 bits per heavy atom. The first-order valence-electron chi connectivity index (χ1n) is 9.50. The first-order chi connectivity index (χ1) is 12.4. The standard InChI is InChI=1S/C22H31NO2Si/c1-22(2,3)26(18-11-7-5-8-12-18,19-13-9-6-10-14-19)25-21-15-16-23(4)20(21)17-24/h5-14,20-21,24H,15-17H2,1-4H3/t20-,21-/m0/s1. The first kappa shape index (κ1) is 19.3. The number of hydrogen-bond donors (Lipinski definition) is 1. The molecule has 2 aromatic carbocycles. The zero-order valence-electron chi connectivity index (χ0n) is 16.4. The second-order valence-electron chi connectivity index (χ2n) is 8.34. The van der Waals surface area contributed by atoms with Gasteiger partial charge in [-0.15, -0.1) is 0 Å². The van der Waals surface area contributed by atoms with Crippen LogP contribution >= 0.6 is 0 Å². The lowest BCUT2D eigenvalue weighted by Gasteiger charge is -2.45. The molecule has 1 aliphatic rings. The average Bonchev–Trinajstić information content (AvgIpc) is 2.99. The molecule has 2 atom stereocenters. The van der Waals surface area contributed by atoms with Crippen LogP contribution in [-0.4, -0.2) is 50.7 Å². The maximum atomic E-state index is 9.94. The third kappa shape index (κ3) is 3.39. The fourth-order valence-corrected chi connectivity index (χ4v) is 9.03. The van der Waals surface area contributed by atoms with E-state index in [1.165, 1.54) is 10.4 Å². The van der Waals surface area contributed by atoms with Gasteiger partial charge in [-0.2, -0.15) is 0 Å². The van der Waals surface area contributed by atoms with Gasteiger partial charge in [-0.1, -0.05) is 81.4 Å². The van der Waals surface area contributed by atoms with E-state index in [0.29, 0.717) is 0 Å². The van der Waals surface area contributed by atoms with E-state index in [2.05, 4.69) is 93.4 Å². The van der Waals surface area contributed by atoms with Gasteiger partial charge in [0.05, 0.1) is 18.8 Å². The number of nitrogens with zero attached hydrogens (tertiary/aromatic N) is 1. The summed E-state index contributed by atoms with van der Waals surface area (Å²) in [5.74, 6) is 0. The highest BCUT2D eigenvalue weighted by molar-refractivity contribution is 6.99. The summed E-state index contributed by atoms with van der Waals surface area (Å²) in [6.45, 7) is 8.00. The van der Waals surface area contributed by atoms with Gasteiger partial charge in [-0.3, -0.25) is 4.90 Å². The first-order valence-corrected chi connectivity index (χ1v) is 11.4. The predicted octanol–water partition coefficient (Wildman–Crippen LogP) is 2.63. The molecule has 0 saturated carbocycles. The molecule has 0 unspecified atom stereocenters. The number of benzene rings is 2. The molecular formula is C22H31NO2Si. The maximum Gasteiger partial charge on any atom is 0.261 e. The summed E-state index contributed by atoms with van der Waals surface area (Å²) in [7, 11) is -0.461. The molecule has 26 heavy (non-hydrogen) atoms. The summed E-state index contributed by atoms with van der Waals surface area (Å²) < 4.78 is 7.15.